The first-order valence-corrected chi connectivity index (χ1v) is 8.28. The van der Waals surface area contributed by atoms with Gasteiger partial charge in [0.1, 0.15) is 5.82 Å². The van der Waals surface area contributed by atoms with Crippen LogP contribution in [0.2, 0.25) is 0 Å². The summed E-state index contributed by atoms with van der Waals surface area (Å²) < 4.78 is 13.5. The summed E-state index contributed by atoms with van der Waals surface area (Å²) in [7, 11) is 0. The monoisotopic (exact) mass is 336 g/mol. The highest BCUT2D eigenvalue weighted by Crippen LogP contribution is 2.32. The van der Waals surface area contributed by atoms with Crippen molar-refractivity contribution in [1.82, 2.24) is 4.98 Å². The number of anilines is 1. The highest BCUT2D eigenvalue weighted by atomic mass is 19.1. The molecular weight excluding hydrogens is 319 g/mol. The Balaban J connectivity index is 1.74. The van der Waals surface area contributed by atoms with E-state index in [-0.39, 0.29) is 11.9 Å². The van der Waals surface area contributed by atoms with Crippen LogP contribution in [0.1, 0.15) is 29.3 Å². The molecule has 2 heterocycles. The first-order valence-electron chi connectivity index (χ1n) is 8.28. The minimum absolute atomic E-state index is 0.111. The molecule has 0 radical (unpaired) electrons. The van der Waals surface area contributed by atoms with Crippen molar-refractivity contribution in [2.24, 2.45) is 0 Å². The van der Waals surface area contributed by atoms with Gasteiger partial charge in [0.15, 0.2) is 0 Å². The number of carbonyl (C=O) groups excluding carboxylic acids is 2. The third-order valence-corrected chi connectivity index (χ3v) is 4.82. The van der Waals surface area contributed by atoms with Gasteiger partial charge in [-0.1, -0.05) is 18.2 Å². The topological polar surface area (TPSA) is 53.2 Å². The summed E-state index contributed by atoms with van der Waals surface area (Å²) in [6.07, 6.45) is 2.97. The number of carbonyl (C=O) groups is 2. The van der Waals surface area contributed by atoms with Gasteiger partial charge in [-0.15, -0.1) is 0 Å². The Labute approximate surface area is 144 Å². The molecule has 0 bridgehead atoms. The van der Waals surface area contributed by atoms with Crippen LogP contribution in [0.3, 0.4) is 0 Å². The first-order chi connectivity index (χ1) is 12.1. The van der Waals surface area contributed by atoms with Crippen LogP contribution in [0, 0.1) is 5.82 Å². The van der Waals surface area contributed by atoms with E-state index in [9.17, 15) is 14.0 Å². The fourth-order valence-electron chi connectivity index (χ4n) is 3.51. The van der Waals surface area contributed by atoms with Crippen molar-refractivity contribution >= 4 is 28.3 Å². The van der Waals surface area contributed by atoms with Gasteiger partial charge < -0.3 is 9.88 Å². The standard InChI is InChI=1S/C20H17FN2O2/c1-12-6-7-13-10-14(21)8-9-18(13)23(12)20(25)19(24)16-11-22-17-5-3-2-4-15(16)17/h2-5,8-12,22H,6-7H2,1H3/t12-/m1/s1. The maximum absolute atomic E-state index is 13.5. The average Bonchev–Trinajstić information content (AvgIpc) is 3.04. The second-order valence-electron chi connectivity index (χ2n) is 6.41. The number of nitrogens with one attached hydrogen (secondary N) is 1. The van der Waals surface area contributed by atoms with Crippen molar-refractivity contribution in [3.8, 4) is 0 Å². The number of halogens is 1. The zero-order chi connectivity index (χ0) is 17.6. The Morgan fingerprint density at radius 3 is 2.84 bits per heavy atom. The average molecular weight is 336 g/mol. The third kappa shape index (κ3) is 2.52. The number of rotatable bonds is 2. The van der Waals surface area contributed by atoms with Gasteiger partial charge in [-0.2, -0.15) is 0 Å². The van der Waals surface area contributed by atoms with E-state index in [1.165, 1.54) is 17.0 Å². The first kappa shape index (κ1) is 15.6. The largest absolute Gasteiger partial charge is 0.360 e. The highest BCUT2D eigenvalue weighted by molar-refractivity contribution is 6.49. The molecule has 2 aromatic carbocycles. The molecular formula is C20H17FN2O2. The fourth-order valence-corrected chi connectivity index (χ4v) is 3.51. The Bertz CT molecular complexity index is 992. The van der Waals surface area contributed by atoms with Gasteiger partial charge in [0.05, 0.1) is 5.56 Å². The van der Waals surface area contributed by atoms with Crippen LogP contribution in [0.4, 0.5) is 10.1 Å². The zero-order valence-electron chi connectivity index (χ0n) is 13.8. The van der Waals surface area contributed by atoms with Crippen LogP contribution in [-0.2, 0) is 11.2 Å². The van der Waals surface area contributed by atoms with E-state index in [0.29, 0.717) is 24.1 Å². The normalized spacial score (nSPS) is 16.7. The van der Waals surface area contributed by atoms with Crippen molar-refractivity contribution in [2.75, 3.05) is 4.90 Å². The van der Waals surface area contributed by atoms with E-state index in [1.807, 2.05) is 31.2 Å². The second-order valence-corrected chi connectivity index (χ2v) is 6.41. The molecule has 1 aromatic heterocycles. The Morgan fingerprint density at radius 2 is 2.00 bits per heavy atom. The number of amides is 1. The van der Waals surface area contributed by atoms with Crippen molar-refractivity contribution in [2.45, 2.75) is 25.8 Å². The quantitative estimate of drug-likeness (QED) is 0.571. The number of nitrogens with zero attached hydrogens (tertiary/aromatic N) is 1. The number of H-pyrrole nitrogens is 1. The SMILES string of the molecule is C[C@@H]1CCc2cc(F)ccc2N1C(=O)C(=O)c1c[nH]c2ccccc12. The lowest BCUT2D eigenvalue weighted by Crippen LogP contribution is -2.45. The second kappa shape index (κ2) is 5.84. The van der Waals surface area contributed by atoms with Crippen LogP contribution < -0.4 is 4.90 Å². The fraction of sp³-hybridized carbons (Fsp3) is 0.200. The molecule has 0 unspecified atom stereocenters. The molecule has 0 aliphatic carbocycles. The Hall–Kier alpha value is -2.95. The van der Waals surface area contributed by atoms with Crippen molar-refractivity contribution in [1.29, 1.82) is 0 Å². The molecule has 3 aromatic rings. The molecule has 4 nitrogen and oxygen atoms in total. The summed E-state index contributed by atoms with van der Waals surface area (Å²) in [4.78, 5) is 30.3. The van der Waals surface area contributed by atoms with Gasteiger partial charge in [-0.05, 0) is 49.6 Å². The summed E-state index contributed by atoms with van der Waals surface area (Å²) >= 11 is 0. The molecule has 0 saturated carbocycles. The maximum Gasteiger partial charge on any atom is 0.299 e. The number of benzene rings is 2. The van der Waals surface area contributed by atoms with Crippen LogP contribution in [0.5, 0.6) is 0 Å². The minimum atomic E-state index is -0.579. The number of ketones is 1. The summed E-state index contributed by atoms with van der Waals surface area (Å²) in [6, 6.07) is 11.6. The third-order valence-electron chi connectivity index (χ3n) is 4.82. The molecule has 0 saturated heterocycles. The number of hydrogen-bond donors (Lipinski definition) is 1. The van der Waals surface area contributed by atoms with Crippen LogP contribution in [0.25, 0.3) is 10.9 Å². The van der Waals surface area contributed by atoms with Crippen molar-refractivity contribution in [3.63, 3.8) is 0 Å². The van der Waals surface area contributed by atoms with Crippen molar-refractivity contribution < 1.29 is 14.0 Å². The molecule has 0 fully saturated rings. The molecule has 0 spiro atoms. The van der Waals surface area contributed by atoms with Crippen LogP contribution >= 0.6 is 0 Å². The lowest BCUT2D eigenvalue weighted by molar-refractivity contribution is -0.115. The lowest BCUT2D eigenvalue weighted by atomic mass is 9.95. The van der Waals surface area contributed by atoms with E-state index in [1.54, 1.807) is 12.3 Å². The number of hydrogen-bond acceptors (Lipinski definition) is 2. The van der Waals surface area contributed by atoms with Crippen molar-refractivity contribution in [3.05, 3.63) is 65.6 Å². The summed E-state index contributed by atoms with van der Waals surface area (Å²) in [5, 5.41) is 0.727. The van der Waals surface area contributed by atoms with Crippen LogP contribution in [-0.4, -0.2) is 22.7 Å². The molecule has 4 rings (SSSR count). The number of aryl methyl sites for hydroxylation is 1. The van der Waals surface area contributed by atoms with Gasteiger partial charge in [0, 0.05) is 28.8 Å². The van der Waals surface area contributed by atoms with Gasteiger partial charge in [-0.3, -0.25) is 9.59 Å². The zero-order valence-corrected chi connectivity index (χ0v) is 13.8. The smallest absolute Gasteiger partial charge is 0.299 e. The Morgan fingerprint density at radius 1 is 1.20 bits per heavy atom. The Kier molecular flexibility index (Phi) is 3.64. The number of aromatic amines is 1. The summed E-state index contributed by atoms with van der Waals surface area (Å²) in [5.41, 5.74) is 2.56. The molecule has 25 heavy (non-hydrogen) atoms. The highest BCUT2D eigenvalue weighted by Gasteiger charge is 2.33. The predicted octanol–water partition coefficient (Wildman–Crippen LogP) is 3.86. The number of aromatic nitrogens is 1. The summed E-state index contributed by atoms with van der Waals surface area (Å²) in [6.45, 7) is 1.91. The molecule has 126 valence electrons. The predicted molar refractivity (Wildman–Crippen MR) is 94.3 cm³/mol. The van der Waals surface area contributed by atoms with E-state index >= 15 is 0 Å². The molecule has 1 amide bonds. The number of Topliss-reactive ketones (excluding diaryl/α,β-unsaturated/α-hetero) is 1. The maximum atomic E-state index is 13.5. The van der Waals surface area contributed by atoms with Gasteiger partial charge in [-0.25, -0.2) is 4.39 Å². The molecule has 5 heteroatoms. The molecule has 1 aliphatic rings. The molecule has 1 atom stereocenters. The molecule has 1 aliphatic heterocycles. The van der Waals surface area contributed by atoms with E-state index in [0.717, 1.165) is 16.5 Å². The number of para-hydroxylation sites is 1. The molecule has 1 N–H and O–H groups in total. The van der Waals surface area contributed by atoms with E-state index in [2.05, 4.69) is 4.98 Å². The van der Waals surface area contributed by atoms with E-state index < -0.39 is 11.7 Å². The van der Waals surface area contributed by atoms with Gasteiger partial charge in [0.2, 0.25) is 0 Å². The number of fused-ring (bicyclic) bond motifs is 2. The summed E-state index contributed by atoms with van der Waals surface area (Å²) in [5.74, 6) is -1.46. The van der Waals surface area contributed by atoms with E-state index in [4.69, 9.17) is 0 Å². The van der Waals surface area contributed by atoms with Gasteiger partial charge in [0.25, 0.3) is 11.7 Å². The lowest BCUT2D eigenvalue weighted by Gasteiger charge is -2.34. The van der Waals surface area contributed by atoms with Gasteiger partial charge >= 0.3 is 0 Å². The minimum Gasteiger partial charge on any atom is -0.360 e. The van der Waals surface area contributed by atoms with Crippen LogP contribution in [0.15, 0.2) is 48.7 Å².